The molecule has 3 fully saturated rings. The average molecular weight is 469 g/mol. The van der Waals surface area contributed by atoms with Gasteiger partial charge in [-0.2, -0.15) is 0 Å². The number of morpholine rings is 1. The van der Waals surface area contributed by atoms with Crippen molar-refractivity contribution in [3.63, 3.8) is 0 Å². The third-order valence-corrected chi connectivity index (χ3v) is 8.70. The highest BCUT2D eigenvalue weighted by atomic mass is 16.5. The van der Waals surface area contributed by atoms with Crippen LogP contribution >= 0.6 is 0 Å². The van der Waals surface area contributed by atoms with E-state index in [2.05, 4.69) is 46.0 Å². The number of carbonyl (C=O) groups excluding carboxylic acids is 1. The van der Waals surface area contributed by atoms with E-state index < -0.39 is 0 Å². The number of benzene rings is 1. The number of amides is 1. The fourth-order valence-electron chi connectivity index (χ4n) is 6.83. The number of nitrogens with zero attached hydrogens (tertiary/aromatic N) is 1. The number of carbonyl (C=O) groups is 1. The number of piperidine rings is 1. The van der Waals surface area contributed by atoms with Gasteiger partial charge in [0.2, 0.25) is 5.91 Å². The average Bonchev–Trinajstić information content (AvgIpc) is 3.25. The minimum atomic E-state index is -0.169. The van der Waals surface area contributed by atoms with Crippen LogP contribution in [0, 0.1) is 18.8 Å². The molecule has 0 radical (unpaired) electrons. The van der Waals surface area contributed by atoms with Crippen molar-refractivity contribution >= 4 is 11.6 Å². The second-order valence-corrected chi connectivity index (χ2v) is 11.2. The third kappa shape index (κ3) is 5.95. The Bertz CT molecular complexity index is 817. The smallest absolute Gasteiger partial charge is 0.244 e. The number of aryl methyl sites for hydroxylation is 1. The molecular formula is C28H44N4O2. The molecule has 2 saturated heterocycles. The molecule has 3 N–H and O–H groups in total. The quantitative estimate of drug-likeness (QED) is 0.613. The molecule has 188 valence electrons. The number of ether oxygens (including phenoxy) is 1. The fourth-order valence-corrected chi connectivity index (χ4v) is 6.83. The van der Waals surface area contributed by atoms with Crippen molar-refractivity contribution in [3.05, 3.63) is 29.3 Å². The Morgan fingerprint density at radius 3 is 2.59 bits per heavy atom. The van der Waals surface area contributed by atoms with Crippen molar-refractivity contribution in [1.82, 2.24) is 15.5 Å². The highest BCUT2D eigenvalue weighted by Crippen LogP contribution is 2.36. The first-order valence-corrected chi connectivity index (χ1v) is 13.9. The van der Waals surface area contributed by atoms with Crippen molar-refractivity contribution in [1.29, 1.82) is 0 Å². The van der Waals surface area contributed by atoms with Crippen LogP contribution in [0.2, 0.25) is 0 Å². The zero-order valence-corrected chi connectivity index (χ0v) is 21.0. The lowest BCUT2D eigenvalue weighted by molar-refractivity contribution is -0.123. The number of fused-ring (bicyclic) bond motifs is 1. The first-order valence-electron chi connectivity index (χ1n) is 13.9. The second kappa shape index (κ2) is 11.4. The Morgan fingerprint density at radius 1 is 1.06 bits per heavy atom. The van der Waals surface area contributed by atoms with Gasteiger partial charge in [-0.1, -0.05) is 63.1 Å². The normalized spacial score (nSPS) is 31.2. The number of para-hydroxylation sites is 1. The van der Waals surface area contributed by atoms with E-state index in [0.717, 1.165) is 57.3 Å². The van der Waals surface area contributed by atoms with Crippen LogP contribution in [0.1, 0.15) is 68.9 Å². The van der Waals surface area contributed by atoms with E-state index in [0.29, 0.717) is 12.0 Å². The molecule has 4 unspecified atom stereocenters. The summed E-state index contributed by atoms with van der Waals surface area (Å²) < 4.78 is 5.57. The van der Waals surface area contributed by atoms with Gasteiger partial charge in [0.05, 0.1) is 19.4 Å². The number of hydrogen-bond acceptors (Lipinski definition) is 5. The predicted molar refractivity (Wildman–Crippen MR) is 137 cm³/mol. The van der Waals surface area contributed by atoms with Crippen molar-refractivity contribution in [2.75, 3.05) is 38.2 Å². The lowest BCUT2D eigenvalue weighted by Crippen LogP contribution is -2.60. The summed E-state index contributed by atoms with van der Waals surface area (Å²) in [5, 5.41) is 10.8. The van der Waals surface area contributed by atoms with Gasteiger partial charge >= 0.3 is 0 Å². The summed E-state index contributed by atoms with van der Waals surface area (Å²) in [6.07, 6.45) is 12.8. The molecule has 6 heteroatoms. The molecule has 34 heavy (non-hydrogen) atoms. The summed E-state index contributed by atoms with van der Waals surface area (Å²) in [6, 6.07) is 6.62. The largest absolute Gasteiger partial charge is 0.379 e. The minimum absolute atomic E-state index is 0.0642. The van der Waals surface area contributed by atoms with Crippen molar-refractivity contribution < 1.29 is 9.53 Å². The zero-order chi connectivity index (χ0) is 23.3. The van der Waals surface area contributed by atoms with Crippen LogP contribution in [0.3, 0.4) is 0 Å². The van der Waals surface area contributed by atoms with Gasteiger partial charge in [0.1, 0.15) is 6.04 Å². The number of anilines is 1. The fraction of sp³-hybridized carbons (Fsp3) is 0.750. The van der Waals surface area contributed by atoms with Gasteiger partial charge in [-0.25, -0.2) is 0 Å². The SMILES string of the molecule is Cc1cccc2c1NC(C(=O)NC1CC(C3CCCCCCC3)CC(CN3CCOCC3)N1)C2. The molecule has 5 rings (SSSR count). The Labute approximate surface area is 205 Å². The van der Waals surface area contributed by atoms with Crippen LogP contribution in [0.25, 0.3) is 0 Å². The van der Waals surface area contributed by atoms with E-state index >= 15 is 0 Å². The molecule has 1 aromatic carbocycles. The maximum atomic E-state index is 13.3. The summed E-state index contributed by atoms with van der Waals surface area (Å²) in [7, 11) is 0. The Hall–Kier alpha value is -1.63. The topological polar surface area (TPSA) is 65.6 Å². The Balaban J connectivity index is 1.23. The molecule has 1 saturated carbocycles. The minimum Gasteiger partial charge on any atom is -0.379 e. The van der Waals surface area contributed by atoms with Crippen LogP contribution in [0.15, 0.2) is 18.2 Å². The number of hydrogen-bond donors (Lipinski definition) is 3. The third-order valence-electron chi connectivity index (χ3n) is 8.70. The van der Waals surface area contributed by atoms with E-state index in [1.807, 2.05) is 0 Å². The first kappa shape index (κ1) is 24.1. The number of nitrogens with one attached hydrogen (secondary N) is 3. The maximum Gasteiger partial charge on any atom is 0.244 e. The maximum absolute atomic E-state index is 13.3. The molecular weight excluding hydrogens is 424 g/mol. The standard InChI is InChI=1S/C28H44N4O2/c1-20-8-7-11-22-17-25(30-27(20)22)28(33)31-26-18-23(21-9-5-3-2-4-6-10-21)16-24(29-26)19-32-12-14-34-15-13-32/h7-8,11,21,23-26,29-30H,2-6,9-10,12-19H2,1H3,(H,31,33). The summed E-state index contributed by atoms with van der Waals surface area (Å²) in [5.74, 6) is 1.65. The summed E-state index contributed by atoms with van der Waals surface area (Å²) in [6.45, 7) is 6.90. The highest BCUT2D eigenvalue weighted by Gasteiger charge is 2.36. The van der Waals surface area contributed by atoms with Crippen molar-refractivity contribution in [2.45, 2.75) is 89.4 Å². The summed E-state index contributed by atoms with van der Waals surface area (Å²) in [5.41, 5.74) is 3.63. The van der Waals surface area contributed by atoms with Gasteiger partial charge in [0, 0.05) is 37.8 Å². The van der Waals surface area contributed by atoms with Crippen LogP contribution in [0.4, 0.5) is 5.69 Å². The van der Waals surface area contributed by atoms with Gasteiger partial charge < -0.3 is 15.4 Å². The molecule has 0 bridgehead atoms. The van der Waals surface area contributed by atoms with E-state index in [1.165, 1.54) is 62.5 Å². The summed E-state index contributed by atoms with van der Waals surface area (Å²) in [4.78, 5) is 15.9. The van der Waals surface area contributed by atoms with Gasteiger partial charge in [0.25, 0.3) is 0 Å². The van der Waals surface area contributed by atoms with Gasteiger partial charge in [-0.05, 0) is 42.7 Å². The van der Waals surface area contributed by atoms with Gasteiger partial charge in [-0.3, -0.25) is 15.0 Å². The molecule has 6 nitrogen and oxygen atoms in total. The molecule has 1 amide bonds. The second-order valence-electron chi connectivity index (χ2n) is 11.2. The highest BCUT2D eigenvalue weighted by molar-refractivity contribution is 5.88. The Kier molecular flexibility index (Phi) is 8.08. The number of rotatable bonds is 5. The molecule has 0 aromatic heterocycles. The van der Waals surface area contributed by atoms with E-state index in [1.54, 1.807) is 0 Å². The molecule has 0 spiro atoms. The summed E-state index contributed by atoms with van der Waals surface area (Å²) >= 11 is 0. The predicted octanol–water partition coefficient (Wildman–Crippen LogP) is 3.83. The van der Waals surface area contributed by atoms with Crippen LogP contribution in [0.5, 0.6) is 0 Å². The molecule has 3 aliphatic heterocycles. The lowest BCUT2D eigenvalue weighted by atomic mass is 9.75. The molecule has 4 atom stereocenters. The first-order chi connectivity index (χ1) is 16.7. The van der Waals surface area contributed by atoms with Crippen molar-refractivity contribution in [2.24, 2.45) is 11.8 Å². The van der Waals surface area contributed by atoms with Crippen LogP contribution in [-0.4, -0.2) is 61.9 Å². The van der Waals surface area contributed by atoms with E-state index in [4.69, 9.17) is 4.74 Å². The molecule has 4 aliphatic rings. The molecule has 1 aliphatic carbocycles. The lowest BCUT2D eigenvalue weighted by Gasteiger charge is -2.43. The van der Waals surface area contributed by atoms with E-state index in [9.17, 15) is 4.79 Å². The van der Waals surface area contributed by atoms with Crippen LogP contribution in [-0.2, 0) is 16.0 Å². The van der Waals surface area contributed by atoms with Gasteiger partial charge in [0.15, 0.2) is 0 Å². The zero-order valence-electron chi connectivity index (χ0n) is 21.0. The molecule has 1 aromatic rings. The van der Waals surface area contributed by atoms with Gasteiger partial charge in [-0.15, -0.1) is 0 Å². The van der Waals surface area contributed by atoms with E-state index in [-0.39, 0.29) is 18.1 Å². The van der Waals surface area contributed by atoms with Crippen LogP contribution < -0.4 is 16.0 Å². The van der Waals surface area contributed by atoms with Crippen molar-refractivity contribution in [3.8, 4) is 0 Å². The monoisotopic (exact) mass is 468 g/mol. The Morgan fingerprint density at radius 2 is 1.82 bits per heavy atom. The molecule has 3 heterocycles.